The third-order valence-corrected chi connectivity index (χ3v) is 2.30. The zero-order chi connectivity index (χ0) is 10.5. The molecule has 2 heterocycles. The van der Waals surface area contributed by atoms with Crippen LogP contribution < -0.4 is 10.1 Å². The summed E-state index contributed by atoms with van der Waals surface area (Å²) in [6, 6.07) is 1.97. The van der Waals surface area contributed by atoms with Crippen molar-refractivity contribution < 1.29 is 4.74 Å². The van der Waals surface area contributed by atoms with Gasteiger partial charge in [-0.2, -0.15) is 5.26 Å². The molecule has 1 fully saturated rings. The highest BCUT2D eigenvalue weighted by molar-refractivity contribution is 5.30. The predicted molar refractivity (Wildman–Crippen MR) is 53.3 cm³/mol. The van der Waals surface area contributed by atoms with Gasteiger partial charge in [0, 0.05) is 18.9 Å². The Morgan fingerprint density at radius 1 is 1.47 bits per heavy atom. The zero-order valence-corrected chi connectivity index (χ0v) is 8.31. The van der Waals surface area contributed by atoms with Crippen LogP contribution in [0.2, 0.25) is 0 Å². The largest absolute Gasteiger partial charge is 0.471 e. The van der Waals surface area contributed by atoms with E-state index in [-0.39, 0.29) is 11.8 Å². The van der Waals surface area contributed by atoms with E-state index in [0.717, 1.165) is 25.9 Å². The number of aromatic nitrogens is 2. The van der Waals surface area contributed by atoms with Gasteiger partial charge >= 0.3 is 0 Å². The van der Waals surface area contributed by atoms with Gasteiger partial charge in [-0.15, -0.1) is 0 Å². The number of hydrogen-bond donors (Lipinski definition) is 1. The Kier molecular flexibility index (Phi) is 3.10. The van der Waals surface area contributed by atoms with Crippen LogP contribution in [0.15, 0.2) is 12.4 Å². The summed E-state index contributed by atoms with van der Waals surface area (Å²) in [5, 5.41) is 12.0. The lowest BCUT2D eigenvalue weighted by molar-refractivity contribution is 0.159. The second-order valence-electron chi connectivity index (χ2n) is 3.41. The van der Waals surface area contributed by atoms with Crippen LogP contribution in [0.4, 0.5) is 0 Å². The van der Waals surface area contributed by atoms with Gasteiger partial charge in [0.25, 0.3) is 5.88 Å². The maximum atomic E-state index is 8.80. The maximum absolute atomic E-state index is 8.80. The van der Waals surface area contributed by atoms with Crippen LogP contribution in [-0.2, 0) is 0 Å². The molecule has 0 bridgehead atoms. The summed E-state index contributed by atoms with van der Waals surface area (Å²) in [6.45, 7) is 1.84. The highest BCUT2D eigenvalue weighted by Gasteiger charge is 2.17. The van der Waals surface area contributed by atoms with Crippen molar-refractivity contribution in [1.82, 2.24) is 15.3 Å². The minimum absolute atomic E-state index is 0.0996. The SMILES string of the molecule is N#Cc1nccnc1O[C@@H]1CCCNC1. The summed E-state index contributed by atoms with van der Waals surface area (Å²) in [5.74, 6) is 0.341. The van der Waals surface area contributed by atoms with E-state index >= 15 is 0 Å². The molecule has 0 aliphatic carbocycles. The van der Waals surface area contributed by atoms with Crippen LogP contribution in [0.5, 0.6) is 5.88 Å². The smallest absolute Gasteiger partial charge is 0.251 e. The Hall–Kier alpha value is -1.67. The normalized spacial score (nSPS) is 20.6. The van der Waals surface area contributed by atoms with Crippen molar-refractivity contribution in [2.24, 2.45) is 0 Å². The summed E-state index contributed by atoms with van der Waals surface area (Å²) < 4.78 is 5.62. The van der Waals surface area contributed by atoms with Gasteiger partial charge in [-0.1, -0.05) is 0 Å². The van der Waals surface area contributed by atoms with E-state index in [2.05, 4.69) is 15.3 Å². The van der Waals surface area contributed by atoms with Crippen molar-refractivity contribution in [3.63, 3.8) is 0 Å². The van der Waals surface area contributed by atoms with Gasteiger partial charge in [-0.05, 0) is 19.4 Å². The van der Waals surface area contributed by atoms with Crippen molar-refractivity contribution in [2.75, 3.05) is 13.1 Å². The molecular formula is C10H12N4O. The number of hydrogen-bond acceptors (Lipinski definition) is 5. The average molecular weight is 204 g/mol. The first-order valence-electron chi connectivity index (χ1n) is 4.98. The lowest BCUT2D eigenvalue weighted by Gasteiger charge is -2.23. The fourth-order valence-corrected chi connectivity index (χ4v) is 1.57. The summed E-state index contributed by atoms with van der Waals surface area (Å²) in [4.78, 5) is 7.90. The monoisotopic (exact) mass is 204 g/mol. The molecule has 78 valence electrons. The topological polar surface area (TPSA) is 70.8 Å². The average Bonchev–Trinajstić information content (AvgIpc) is 2.31. The lowest BCUT2D eigenvalue weighted by Crippen LogP contribution is -2.37. The first-order valence-corrected chi connectivity index (χ1v) is 4.98. The summed E-state index contributed by atoms with van der Waals surface area (Å²) in [6.07, 6.45) is 5.21. The molecule has 0 spiro atoms. The second-order valence-corrected chi connectivity index (χ2v) is 3.41. The number of nitrogens with zero attached hydrogens (tertiary/aromatic N) is 3. The van der Waals surface area contributed by atoms with Crippen LogP contribution in [0.25, 0.3) is 0 Å². The van der Waals surface area contributed by atoms with E-state index in [1.165, 1.54) is 12.4 Å². The van der Waals surface area contributed by atoms with Crippen molar-refractivity contribution in [2.45, 2.75) is 18.9 Å². The minimum Gasteiger partial charge on any atom is -0.471 e. The third kappa shape index (κ3) is 2.42. The number of rotatable bonds is 2. The van der Waals surface area contributed by atoms with Gasteiger partial charge in [-0.3, -0.25) is 0 Å². The van der Waals surface area contributed by atoms with Crippen molar-refractivity contribution in [1.29, 1.82) is 5.26 Å². The summed E-state index contributed by atoms with van der Waals surface area (Å²) in [5.41, 5.74) is 0.253. The molecule has 0 saturated carbocycles. The maximum Gasteiger partial charge on any atom is 0.251 e. The third-order valence-electron chi connectivity index (χ3n) is 2.30. The van der Waals surface area contributed by atoms with E-state index in [1.807, 2.05) is 6.07 Å². The molecule has 15 heavy (non-hydrogen) atoms. The van der Waals surface area contributed by atoms with E-state index in [9.17, 15) is 0 Å². The fraction of sp³-hybridized carbons (Fsp3) is 0.500. The Morgan fingerprint density at radius 3 is 3.07 bits per heavy atom. The van der Waals surface area contributed by atoms with Crippen LogP contribution in [0.1, 0.15) is 18.5 Å². The molecule has 1 aromatic heterocycles. The Morgan fingerprint density at radius 2 is 2.33 bits per heavy atom. The lowest BCUT2D eigenvalue weighted by atomic mass is 10.1. The molecule has 0 radical (unpaired) electrons. The molecule has 1 saturated heterocycles. The second kappa shape index (κ2) is 4.71. The minimum atomic E-state index is 0.0996. The first-order chi connectivity index (χ1) is 7.40. The highest BCUT2D eigenvalue weighted by atomic mass is 16.5. The Labute approximate surface area is 88.1 Å². The highest BCUT2D eigenvalue weighted by Crippen LogP contribution is 2.15. The first kappa shape index (κ1) is 9.87. The van der Waals surface area contributed by atoms with E-state index in [0.29, 0.717) is 5.88 Å². The zero-order valence-electron chi connectivity index (χ0n) is 8.31. The summed E-state index contributed by atoms with van der Waals surface area (Å²) in [7, 11) is 0. The number of piperidine rings is 1. The Balaban J connectivity index is 2.06. The van der Waals surface area contributed by atoms with Crippen LogP contribution in [0.3, 0.4) is 0 Å². The standard InChI is InChI=1S/C10H12N4O/c11-6-9-10(14-5-4-13-9)15-8-2-1-3-12-7-8/h4-5,8,12H,1-3,7H2/t8-/m1/s1. The van der Waals surface area contributed by atoms with Gasteiger partial charge in [0.15, 0.2) is 0 Å². The van der Waals surface area contributed by atoms with Crippen molar-refractivity contribution in [3.05, 3.63) is 18.1 Å². The van der Waals surface area contributed by atoms with E-state index in [1.54, 1.807) is 0 Å². The number of nitrogens with one attached hydrogen (secondary N) is 1. The summed E-state index contributed by atoms with van der Waals surface area (Å²) >= 11 is 0. The van der Waals surface area contributed by atoms with Crippen molar-refractivity contribution in [3.8, 4) is 11.9 Å². The molecule has 0 aromatic carbocycles. The van der Waals surface area contributed by atoms with Crippen molar-refractivity contribution >= 4 is 0 Å². The van der Waals surface area contributed by atoms with Gasteiger partial charge in [0.1, 0.15) is 12.2 Å². The molecule has 5 nitrogen and oxygen atoms in total. The van der Waals surface area contributed by atoms with Gasteiger partial charge in [0.05, 0.1) is 0 Å². The van der Waals surface area contributed by atoms with E-state index < -0.39 is 0 Å². The quantitative estimate of drug-likeness (QED) is 0.758. The van der Waals surface area contributed by atoms with Crippen LogP contribution >= 0.6 is 0 Å². The number of ether oxygens (including phenoxy) is 1. The molecule has 5 heteroatoms. The van der Waals surface area contributed by atoms with Gasteiger partial charge in [0.2, 0.25) is 5.69 Å². The predicted octanol–water partition coefficient (Wildman–Crippen LogP) is 0.479. The fourth-order valence-electron chi connectivity index (χ4n) is 1.57. The van der Waals surface area contributed by atoms with Gasteiger partial charge in [-0.25, -0.2) is 9.97 Å². The molecule has 2 rings (SSSR count). The molecule has 0 unspecified atom stereocenters. The Bertz CT molecular complexity index is 368. The molecule has 1 aliphatic rings. The van der Waals surface area contributed by atoms with Gasteiger partial charge < -0.3 is 10.1 Å². The van der Waals surface area contributed by atoms with Crippen LogP contribution in [0, 0.1) is 11.3 Å². The molecular weight excluding hydrogens is 192 g/mol. The number of nitriles is 1. The molecule has 1 atom stereocenters. The molecule has 0 amide bonds. The molecule has 1 aliphatic heterocycles. The molecule has 1 aromatic rings. The van der Waals surface area contributed by atoms with Crippen LogP contribution in [-0.4, -0.2) is 29.2 Å². The van der Waals surface area contributed by atoms with E-state index in [4.69, 9.17) is 10.00 Å². The molecule has 1 N–H and O–H groups in total.